The van der Waals surface area contributed by atoms with Gasteiger partial charge in [0, 0.05) is 36.6 Å². The van der Waals surface area contributed by atoms with E-state index >= 15 is 0 Å². The first-order chi connectivity index (χ1) is 12.7. The van der Waals surface area contributed by atoms with Crippen LogP contribution in [0.4, 0.5) is 10.2 Å². The van der Waals surface area contributed by atoms with Crippen LogP contribution in [0.2, 0.25) is 0 Å². The van der Waals surface area contributed by atoms with Crippen LogP contribution in [0.25, 0.3) is 10.9 Å². The normalized spacial score (nSPS) is 24.3. The van der Waals surface area contributed by atoms with Crippen molar-refractivity contribution in [3.63, 3.8) is 0 Å². The van der Waals surface area contributed by atoms with Crippen molar-refractivity contribution >= 4 is 16.7 Å². The van der Waals surface area contributed by atoms with E-state index in [-0.39, 0.29) is 5.56 Å². The highest BCUT2D eigenvalue weighted by molar-refractivity contribution is 5.90. The fourth-order valence-corrected chi connectivity index (χ4v) is 4.00. The predicted molar refractivity (Wildman–Crippen MR) is 96.3 cm³/mol. The molecule has 1 aliphatic carbocycles. The van der Waals surface area contributed by atoms with Gasteiger partial charge in [-0.25, -0.2) is 14.4 Å². The molecular weight excluding hydrogens is 333 g/mol. The maximum Gasteiger partial charge on any atom is 0.143 e. The first kappa shape index (κ1) is 17.1. The third-order valence-corrected chi connectivity index (χ3v) is 5.44. The summed E-state index contributed by atoms with van der Waals surface area (Å²) in [5.41, 5.74) is 0.535. The number of benzene rings is 1. The van der Waals surface area contributed by atoms with E-state index in [2.05, 4.69) is 20.2 Å². The number of ether oxygens (including phenoxy) is 1. The number of hydrogen-bond acceptors (Lipinski definition) is 6. The van der Waals surface area contributed by atoms with Crippen LogP contribution in [0, 0.1) is 17.1 Å². The molecule has 1 aromatic heterocycles. The summed E-state index contributed by atoms with van der Waals surface area (Å²) >= 11 is 0. The Morgan fingerprint density at radius 2 is 1.92 bits per heavy atom. The number of halogens is 1. The number of aromatic nitrogens is 2. The summed E-state index contributed by atoms with van der Waals surface area (Å²) in [5.74, 6) is 0.136. The third-order valence-electron chi connectivity index (χ3n) is 5.44. The third kappa shape index (κ3) is 3.48. The summed E-state index contributed by atoms with van der Waals surface area (Å²) in [6.45, 7) is 3.73. The molecule has 4 rings (SSSR count). The van der Waals surface area contributed by atoms with Crippen molar-refractivity contribution in [3.05, 3.63) is 29.8 Å². The SMILES string of the molecule is N#Cc1cc2c(NC3CCC(N4CCOCC4)CC3)ncnc2cc1F. The number of nitriles is 1. The molecule has 1 aliphatic heterocycles. The van der Waals surface area contributed by atoms with Gasteiger partial charge in [-0.05, 0) is 31.7 Å². The zero-order valence-electron chi connectivity index (χ0n) is 14.6. The van der Waals surface area contributed by atoms with Crippen molar-refractivity contribution in [1.29, 1.82) is 5.26 Å². The molecule has 2 heterocycles. The maximum atomic E-state index is 13.8. The van der Waals surface area contributed by atoms with Gasteiger partial charge in [-0.2, -0.15) is 5.26 Å². The van der Waals surface area contributed by atoms with Crippen molar-refractivity contribution in [2.45, 2.75) is 37.8 Å². The average molecular weight is 355 g/mol. The molecule has 1 aromatic carbocycles. The van der Waals surface area contributed by atoms with Crippen molar-refractivity contribution in [3.8, 4) is 6.07 Å². The molecule has 0 bridgehead atoms. The van der Waals surface area contributed by atoms with Gasteiger partial charge in [-0.1, -0.05) is 0 Å². The minimum atomic E-state index is -0.546. The summed E-state index contributed by atoms with van der Waals surface area (Å²) in [6, 6.07) is 5.69. The number of fused-ring (bicyclic) bond motifs is 1. The van der Waals surface area contributed by atoms with Crippen LogP contribution in [0.15, 0.2) is 18.5 Å². The standard InChI is InChI=1S/C19H22FN5O/c20-17-10-18-16(9-13(17)11-21)19(23-12-22-18)24-14-1-3-15(4-2-14)25-5-7-26-8-6-25/h9-10,12,14-15H,1-8H2,(H,22,23,24). The first-order valence-electron chi connectivity index (χ1n) is 9.17. The van der Waals surface area contributed by atoms with Crippen molar-refractivity contribution < 1.29 is 9.13 Å². The molecule has 0 unspecified atom stereocenters. The van der Waals surface area contributed by atoms with Crippen LogP contribution in [0.3, 0.4) is 0 Å². The molecule has 0 radical (unpaired) electrons. The maximum absolute atomic E-state index is 13.8. The van der Waals surface area contributed by atoms with E-state index < -0.39 is 5.82 Å². The van der Waals surface area contributed by atoms with E-state index in [0.29, 0.717) is 28.8 Å². The Kier molecular flexibility index (Phi) is 4.96. The van der Waals surface area contributed by atoms with Gasteiger partial charge in [0.25, 0.3) is 0 Å². The first-order valence-corrected chi connectivity index (χ1v) is 9.17. The van der Waals surface area contributed by atoms with Crippen LogP contribution in [-0.4, -0.2) is 53.3 Å². The van der Waals surface area contributed by atoms with E-state index in [0.717, 1.165) is 52.0 Å². The smallest absolute Gasteiger partial charge is 0.143 e. The molecule has 2 fully saturated rings. The quantitative estimate of drug-likeness (QED) is 0.912. The fourth-order valence-electron chi connectivity index (χ4n) is 4.00. The minimum absolute atomic E-state index is 0.0198. The number of hydrogen-bond donors (Lipinski definition) is 1. The highest BCUT2D eigenvalue weighted by Gasteiger charge is 2.27. The molecule has 0 atom stereocenters. The Balaban J connectivity index is 1.46. The van der Waals surface area contributed by atoms with Crippen LogP contribution < -0.4 is 5.32 Å². The molecule has 2 aliphatic rings. The monoisotopic (exact) mass is 355 g/mol. The molecule has 1 N–H and O–H groups in total. The molecule has 136 valence electrons. The lowest BCUT2D eigenvalue weighted by atomic mass is 9.90. The zero-order valence-corrected chi connectivity index (χ0v) is 14.6. The number of rotatable bonds is 3. The number of morpholine rings is 1. The van der Waals surface area contributed by atoms with Gasteiger partial charge in [0.15, 0.2) is 0 Å². The molecule has 2 aromatic rings. The molecule has 1 saturated carbocycles. The number of anilines is 1. The Morgan fingerprint density at radius 1 is 1.15 bits per heavy atom. The van der Waals surface area contributed by atoms with Crippen molar-refractivity contribution in [2.24, 2.45) is 0 Å². The minimum Gasteiger partial charge on any atom is -0.379 e. The van der Waals surface area contributed by atoms with Gasteiger partial charge in [0.2, 0.25) is 0 Å². The lowest BCUT2D eigenvalue weighted by molar-refractivity contribution is 0.00791. The lowest BCUT2D eigenvalue weighted by Gasteiger charge is -2.39. The van der Waals surface area contributed by atoms with Gasteiger partial charge >= 0.3 is 0 Å². The van der Waals surface area contributed by atoms with Crippen LogP contribution in [0.1, 0.15) is 31.2 Å². The second-order valence-corrected chi connectivity index (χ2v) is 6.98. The second kappa shape index (κ2) is 7.52. The summed E-state index contributed by atoms with van der Waals surface area (Å²) in [6.07, 6.45) is 5.88. The zero-order chi connectivity index (χ0) is 17.9. The van der Waals surface area contributed by atoms with Crippen LogP contribution >= 0.6 is 0 Å². The Bertz CT molecular complexity index is 823. The highest BCUT2D eigenvalue weighted by atomic mass is 19.1. The van der Waals surface area contributed by atoms with E-state index in [1.54, 1.807) is 0 Å². The lowest BCUT2D eigenvalue weighted by Crippen LogP contribution is -2.46. The van der Waals surface area contributed by atoms with E-state index in [1.165, 1.54) is 18.5 Å². The van der Waals surface area contributed by atoms with Crippen LogP contribution in [0.5, 0.6) is 0 Å². The van der Waals surface area contributed by atoms with E-state index in [1.807, 2.05) is 6.07 Å². The van der Waals surface area contributed by atoms with Crippen LogP contribution in [-0.2, 0) is 4.74 Å². The second-order valence-electron chi connectivity index (χ2n) is 6.98. The number of nitrogens with zero attached hydrogens (tertiary/aromatic N) is 4. The van der Waals surface area contributed by atoms with Gasteiger partial charge in [-0.3, -0.25) is 4.90 Å². The van der Waals surface area contributed by atoms with Gasteiger partial charge in [0.1, 0.15) is 24.0 Å². The van der Waals surface area contributed by atoms with Gasteiger partial charge in [0.05, 0.1) is 24.3 Å². The molecule has 7 heteroatoms. The average Bonchev–Trinajstić information content (AvgIpc) is 2.69. The molecule has 0 amide bonds. The highest BCUT2D eigenvalue weighted by Crippen LogP contribution is 2.28. The Hall–Kier alpha value is -2.30. The molecule has 6 nitrogen and oxygen atoms in total. The summed E-state index contributed by atoms with van der Waals surface area (Å²) in [7, 11) is 0. The predicted octanol–water partition coefficient (Wildman–Crippen LogP) is 2.70. The Labute approximate surface area is 152 Å². The summed E-state index contributed by atoms with van der Waals surface area (Å²) in [5, 5.41) is 13.3. The molecular formula is C19H22FN5O. The molecule has 0 spiro atoms. The van der Waals surface area contributed by atoms with Crippen molar-refractivity contribution in [1.82, 2.24) is 14.9 Å². The van der Waals surface area contributed by atoms with E-state index in [4.69, 9.17) is 10.00 Å². The van der Waals surface area contributed by atoms with E-state index in [9.17, 15) is 4.39 Å². The largest absolute Gasteiger partial charge is 0.379 e. The Morgan fingerprint density at radius 3 is 2.65 bits per heavy atom. The summed E-state index contributed by atoms with van der Waals surface area (Å²) in [4.78, 5) is 11.0. The summed E-state index contributed by atoms with van der Waals surface area (Å²) < 4.78 is 19.3. The topological polar surface area (TPSA) is 74.1 Å². The number of nitrogens with one attached hydrogen (secondary N) is 1. The van der Waals surface area contributed by atoms with Gasteiger partial charge < -0.3 is 10.1 Å². The molecule has 26 heavy (non-hydrogen) atoms. The van der Waals surface area contributed by atoms with Crippen molar-refractivity contribution in [2.75, 3.05) is 31.6 Å². The molecule has 1 saturated heterocycles. The van der Waals surface area contributed by atoms with Gasteiger partial charge in [-0.15, -0.1) is 0 Å². The fraction of sp³-hybridized carbons (Fsp3) is 0.526.